The number of benzene rings is 1. The third-order valence-corrected chi connectivity index (χ3v) is 2.53. The van der Waals surface area contributed by atoms with Crippen LogP contribution in [0.2, 0.25) is 0 Å². The molecule has 17 heavy (non-hydrogen) atoms. The molecule has 92 valence electrons. The maximum absolute atomic E-state index is 5.88. The van der Waals surface area contributed by atoms with Crippen LogP contribution in [0.5, 0.6) is 0 Å². The molecule has 0 aliphatic carbocycles. The van der Waals surface area contributed by atoms with Gasteiger partial charge in [-0.05, 0) is 30.9 Å². The van der Waals surface area contributed by atoms with Crippen LogP contribution in [0.1, 0.15) is 32.3 Å². The normalized spacial score (nSPS) is 11.8. The van der Waals surface area contributed by atoms with Crippen molar-refractivity contribution in [3.63, 3.8) is 0 Å². The summed E-state index contributed by atoms with van der Waals surface area (Å²) in [5.41, 5.74) is 1.26. The van der Waals surface area contributed by atoms with Crippen molar-refractivity contribution in [1.29, 1.82) is 0 Å². The molecule has 0 aliphatic heterocycles. The van der Waals surface area contributed by atoms with Gasteiger partial charge in [-0.3, -0.25) is 4.90 Å². The van der Waals surface area contributed by atoms with E-state index in [0.29, 0.717) is 5.92 Å². The van der Waals surface area contributed by atoms with Gasteiger partial charge in [0.15, 0.2) is 0 Å². The highest BCUT2D eigenvalue weighted by molar-refractivity contribution is 5.48. The Labute approximate surface area is 106 Å². The van der Waals surface area contributed by atoms with Gasteiger partial charge in [-0.15, -0.1) is 0 Å². The zero-order valence-corrected chi connectivity index (χ0v) is 11.0. The second kappa shape index (κ2) is 8.08. The number of hydrogen-bond donors (Lipinski definition) is 0. The smallest absolute Gasteiger partial charge is 0.0438 e. The van der Waals surface area contributed by atoms with Crippen LogP contribution >= 0.6 is 0 Å². The third-order valence-electron chi connectivity index (χ3n) is 2.53. The Hall–Kier alpha value is -1.08. The molecule has 0 heterocycles. The molecule has 0 fully saturated rings. The molecule has 1 nitrogen and oxygen atoms in total. The first-order valence-electron chi connectivity index (χ1n) is 6.39. The van der Waals surface area contributed by atoms with Gasteiger partial charge in [-0.2, -0.15) is 0 Å². The predicted molar refractivity (Wildman–Crippen MR) is 75.4 cm³/mol. The van der Waals surface area contributed by atoms with E-state index in [1.54, 1.807) is 0 Å². The van der Waals surface area contributed by atoms with Crippen molar-refractivity contribution in [2.45, 2.75) is 26.7 Å². The number of hydrogen-bond acceptors (Lipinski definition) is 1. The van der Waals surface area contributed by atoms with Crippen LogP contribution in [-0.2, 0) is 0 Å². The summed E-state index contributed by atoms with van der Waals surface area (Å²) in [7, 11) is 5.88. The van der Waals surface area contributed by atoms with E-state index in [4.69, 9.17) is 7.05 Å². The quantitative estimate of drug-likeness (QED) is 0.502. The molecule has 1 heteroatoms. The van der Waals surface area contributed by atoms with Crippen LogP contribution < -0.4 is 0 Å². The number of nitrogens with zero attached hydrogens (tertiary/aromatic N) is 1. The van der Waals surface area contributed by atoms with Crippen molar-refractivity contribution in [3.05, 3.63) is 49.0 Å². The minimum atomic E-state index is 0.639. The molecule has 0 spiro atoms. The molecule has 0 unspecified atom stereocenters. The topological polar surface area (TPSA) is 3.24 Å². The van der Waals surface area contributed by atoms with Gasteiger partial charge in [-0.1, -0.05) is 56.3 Å². The molecule has 0 amide bonds. The fraction of sp³-hybridized carbons (Fsp3) is 0.438. The Kier molecular flexibility index (Phi) is 6.64. The second-order valence-corrected chi connectivity index (χ2v) is 4.84. The lowest BCUT2D eigenvalue weighted by Crippen LogP contribution is -2.21. The predicted octanol–water partition coefficient (Wildman–Crippen LogP) is 4.11. The largest absolute Gasteiger partial charge is 0.297 e. The SMILES string of the molecule is [CH]N(CCC/C=C/c1ccccc1)CC(C)C. The van der Waals surface area contributed by atoms with E-state index in [1.165, 1.54) is 5.56 Å². The summed E-state index contributed by atoms with van der Waals surface area (Å²) in [5, 5.41) is 0. The first-order chi connectivity index (χ1) is 8.18. The van der Waals surface area contributed by atoms with Crippen LogP contribution in [0, 0.1) is 13.0 Å². The molecule has 0 saturated heterocycles. The van der Waals surface area contributed by atoms with E-state index in [2.05, 4.69) is 50.3 Å². The first-order valence-corrected chi connectivity index (χ1v) is 6.39. The minimum Gasteiger partial charge on any atom is -0.297 e. The van der Waals surface area contributed by atoms with Crippen molar-refractivity contribution in [2.24, 2.45) is 5.92 Å². The Morgan fingerprint density at radius 2 is 1.94 bits per heavy atom. The molecule has 2 radical (unpaired) electrons. The van der Waals surface area contributed by atoms with Crippen molar-refractivity contribution >= 4 is 6.08 Å². The van der Waals surface area contributed by atoms with Crippen molar-refractivity contribution in [2.75, 3.05) is 13.1 Å². The van der Waals surface area contributed by atoms with Crippen LogP contribution in [0.15, 0.2) is 36.4 Å². The highest BCUT2D eigenvalue weighted by Gasteiger charge is 2.00. The zero-order valence-electron chi connectivity index (χ0n) is 11.0. The van der Waals surface area contributed by atoms with Gasteiger partial charge in [0.1, 0.15) is 0 Å². The van der Waals surface area contributed by atoms with Crippen LogP contribution in [0.4, 0.5) is 0 Å². The van der Waals surface area contributed by atoms with Gasteiger partial charge in [0.25, 0.3) is 0 Å². The number of unbranched alkanes of at least 4 members (excludes halogenated alkanes) is 1. The molecule has 0 bridgehead atoms. The average molecular weight is 229 g/mol. The summed E-state index contributed by atoms with van der Waals surface area (Å²) in [5.74, 6) is 0.639. The third kappa shape index (κ3) is 6.96. The first kappa shape index (κ1) is 14.0. The highest BCUT2D eigenvalue weighted by Crippen LogP contribution is 2.04. The summed E-state index contributed by atoms with van der Waals surface area (Å²) >= 11 is 0. The van der Waals surface area contributed by atoms with Crippen LogP contribution in [0.25, 0.3) is 6.08 Å². The van der Waals surface area contributed by atoms with Crippen molar-refractivity contribution < 1.29 is 0 Å². The zero-order chi connectivity index (χ0) is 12.5. The standard InChI is InChI=1S/C16H23N/c1-15(2)14-17(3)13-9-5-8-12-16-10-6-4-7-11-16/h3-4,6-8,10-12,15H,5,9,13-14H2,1-2H3/b12-8+. The Balaban J connectivity index is 2.14. The second-order valence-electron chi connectivity index (χ2n) is 4.84. The minimum absolute atomic E-state index is 0.639. The molecule has 0 aliphatic rings. The van der Waals surface area contributed by atoms with Crippen molar-refractivity contribution in [1.82, 2.24) is 4.90 Å². The lowest BCUT2D eigenvalue weighted by molar-refractivity contribution is 0.322. The summed E-state index contributed by atoms with van der Waals surface area (Å²) < 4.78 is 0. The Morgan fingerprint density at radius 3 is 2.59 bits per heavy atom. The lowest BCUT2D eigenvalue weighted by atomic mass is 10.2. The lowest BCUT2D eigenvalue weighted by Gasteiger charge is -2.17. The molecule has 0 aromatic heterocycles. The van der Waals surface area contributed by atoms with Crippen molar-refractivity contribution in [3.8, 4) is 0 Å². The Bertz CT molecular complexity index is 314. The van der Waals surface area contributed by atoms with E-state index >= 15 is 0 Å². The van der Waals surface area contributed by atoms with Gasteiger partial charge >= 0.3 is 0 Å². The summed E-state index contributed by atoms with van der Waals surface area (Å²) in [6, 6.07) is 10.4. The molecule has 1 aromatic carbocycles. The Morgan fingerprint density at radius 1 is 1.24 bits per heavy atom. The van der Waals surface area contributed by atoms with Gasteiger partial charge in [0.05, 0.1) is 0 Å². The number of allylic oxidation sites excluding steroid dienone is 1. The van der Waals surface area contributed by atoms with E-state index in [0.717, 1.165) is 25.9 Å². The van der Waals surface area contributed by atoms with Gasteiger partial charge < -0.3 is 0 Å². The van der Waals surface area contributed by atoms with E-state index < -0.39 is 0 Å². The van der Waals surface area contributed by atoms with Gasteiger partial charge in [0, 0.05) is 13.6 Å². The number of rotatable bonds is 7. The highest BCUT2D eigenvalue weighted by atomic mass is 15.1. The van der Waals surface area contributed by atoms with Gasteiger partial charge in [0.2, 0.25) is 0 Å². The van der Waals surface area contributed by atoms with Crippen LogP contribution in [-0.4, -0.2) is 18.0 Å². The summed E-state index contributed by atoms with van der Waals surface area (Å²) in [6.07, 6.45) is 6.59. The van der Waals surface area contributed by atoms with E-state index in [9.17, 15) is 0 Å². The van der Waals surface area contributed by atoms with Crippen LogP contribution in [0.3, 0.4) is 0 Å². The molecular weight excluding hydrogens is 206 g/mol. The summed E-state index contributed by atoms with van der Waals surface area (Å²) in [6.45, 7) is 6.32. The molecule has 1 rings (SSSR count). The monoisotopic (exact) mass is 229 g/mol. The van der Waals surface area contributed by atoms with Gasteiger partial charge in [-0.25, -0.2) is 0 Å². The molecule has 0 atom stereocenters. The molecule has 1 aromatic rings. The maximum Gasteiger partial charge on any atom is 0.0438 e. The fourth-order valence-corrected chi connectivity index (χ4v) is 1.76. The van der Waals surface area contributed by atoms with E-state index in [-0.39, 0.29) is 0 Å². The summed E-state index contributed by atoms with van der Waals surface area (Å²) in [4.78, 5) is 1.92. The fourth-order valence-electron chi connectivity index (χ4n) is 1.76. The maximum atomic E-state index is 5.88. The average Bonchev–Trinajstić information content (AvgIpc) is 2.29. The van der Waals surface area contributed by atoms with E-state index in [1.807, 2.05) is 11.0 Å². The molecule has 0 N–H and O–H groups in total. The molecular formula is C16H23N. The molecule has 0 saturated carbocycles.